The van der Waals surface area contributed by atoms with E-state index in [9.17, 15) is 13.2 Å². The van der Waals surface area contributed by atoms with Gasteiger partial charge < -0.3 is 5.73 Å². The van der Waals surface area contributed by atoms with E-state index in [1.807, 2.05) is 6.92 Å². The second-order valence-electron chi connectivity index (χ2n) is 2.97. The number of carbonyl (C=O) groups excluding carboxylic acids is 1. The first kappa shape index (κ1) is 13.3. The number of amides is 1. The number of nitrogens with two attached hydrogens (primary N) is 1. The van der Waals surface area contributed by atoms with Crippen LogP contribution in [0.3, 0.4) is 0 Å². The largest absolute Gasteiger partial charge is 0.369 e. The molecule has 0 aliphatic heterocycles. The van der Waals surface area contributed by atoms with Gasteiger partial charge in [0.1, 0.15) is 0 Å². The lowest BCUT2D eigenvalue weighted by Crippen LogP contribution is -2.42. The Kier molecular flexibility index (Phi) is 5.66. The van der Waals surface area contributed by atoms with Gasteiger partial charge in [0.05, 0.1) is 6.54 Å². The van der Waals surface area contributed by atoms with Gasteiger partial charge in [-0.2, -0.15) is 17.4 Å². The van der Waals surface area contributed by atoms with Crippen molar-refractivity contribution in [3.8, 4) is 0 Å². The average Bonchev–Trinajstić information content (AvgIpc) is 2.11. The zero-order valence-electron chi connectivity index (χ0n) is 8.49. The van der Waals surface area contributed by atoms with Crippen LogP contribution in [0.4, 0.5) is 0 Å². The zero-order valence-corrected chi connectivity index (χ0v) is 9.30. The molecule has 14 heavy (non-hydrogen) atoms. The third-order valence-electron chi connectivity index (χ3n) is 1.67. The van der Waals surface area contributed by atoms with E-state index in [1.165, 1.54) is 11.4 Å². The van der Waals surface area contributed by atoms with Crippen molar-refractivity contribution in [2.75, 3.05) is 20.1 Å². The molecule has 0 aromatic rings. The lowest BCUT2D eigenvalue weighted by atomic mass is 10.3. The van der Waals surface area contributed by atoms with Crippen LogP contribution in [0, 0.1) is 0 Å². The van der Waals surface area contributed by atoms with Crippen LogP contribution in [0.25, 0.3) is 0 Å². The molecule has 0 radical (unpaired) electrons. The van der Waals surface area contributed by atoms with Gasteiger partial charge in [-0.25, -0.2) is 0 Å². The van der Waals surface area contributed by atoms with E-state index in [4.69, 9.17) is 5.73 Å². The van der Waals surface area contributed by atoms with E-state index in [1.54, 1.807) is 0 Å². The van der Waals surface area contributed by atoms with Crippen molar-refractivity contribution in [3.05, 3.63) is 0 Å². The molecular weight excluding hydrogens is 206 g/mol. The van der Waals surface area contributed by atoms with E-state index in [2.05, 4.69) is 4.72 Å². The molecule has 0 bridgehead atoms. The molecule has 1 amide bonds. The number of hydrogen-bond donors (Lipinski definition) is 2. The number of nitrogens with one attached hydrogen (secondary N) is 1. The second kappa shape index (κ2) is 5.94. The predicted octanol–water partition coefficient (Wildman–Crippen LogP) is -0.962. The molecule has 0 aliphatic rings. The fourth-order valence-electron chi connectivity index (χ4n) is 0.773. The smallest absolute Gasteiger partial charge is 0.279 e. The SMILES string of the molecule is CCCCN(C)S(=O)(=O)NCC(N)=O. The van der Waals surface area contributed by atoms with Crippen molar-refractivity contribution in [1.29, 1.82) is 0 Å². The molecule has 0 heterocycles. The third-order valence-corrected chi connectivity index (χ3v) is 3.18. The van der Waals surface area contributed by atoms with Crippen molar-refractivity contribution in [2.24, 2.45) is 5.73 Å². The Balaban J connectivity index is 4.10. The van der Waals surface area contributed by atoms with Gasteiger partial charge in [-0.3, -0.25) is 4.79 Å². The summed E-state index contributed by atoms with van der Waals surface area (Å²) in [6, 6.07) is 0. The van der Waals surface area contributed by atoms with E-state index < -0.39 is 16.1 Å². The monoisotopic (exact) mass is 223 g/mol. The number of nitrogens with zero attached hydrogens (tertiary/aromatic N) is 1. The number of hydrogen-bond acceptors (Lipinski definition) is 3. The summed E-state index contributed by atoms with van der Waals surface area (Å²) in [7, 11) is -2.09. The van der Waals surface area contributed by atoms with E-state index in [0.717, 1.165) is 12.8 Å². The maximum atomic E-state index is 11.3. The Hall–Kier alpha value is -0.660. The maximum absolute atomic E-state index is 11.3. The van der Waals surface area contributed by atoms with E-state index >= 15 is 0 Å². The molecule has 0 unspecified atom stereocenters. The van der Waals surface area contributed by atoms with Gasteiger partial charge in [-0.1, -0.05) is 13.3 Å². The summed E-state index contributed by atoms with van der Waals surface area (Å²) in [4.78, 5) is 10.4. The minimum atomic E-state index is -3.55. The third kappa shape index (κ3) is 5.15. The minimum absolute atomic E-state index is 0.362. The molecule has 0 aromatic carbocycles. The molecule has 0 atom stereocenters. The summed E-state index contributed by atoms with van der Waals surface area (Å²) in [6.07, 6.45) is 1.70. The molecular formula is C7H17N3O3S. The van der Waals surface area contributed by atoms with Crippen LogP contribution in [-0.4, -0.2) is 38.8 Å². The fraction of sp³-hybridized carbons (Fsp3) is 0.857. The molecule has 3 N–H and O–H groups in total. The number of unbranched alkanes of at least 4 members (excludes halogenated alkanes) is 1. The zero-order chi connectivity index (χ0) is 11.2. The van der Waals surface area contributed by atoms with Gasteiger partial charge in [0.2, 0.25) is 5.91 Å². The lowest BCUT2D eigenvalue weighted by molar-refractivity contribution is -0.116. The van der Waals surface area contributed by atoms with Crippen molar-refractivity contribution >= 4 is 16.1 Å². The van der Waals surface area contributed by atoms with Crippen LogP contribution in [-0.2, 0) is 15.0 Å². The van der Waals surface area contributed by atoms with Crippen LogP contribution >= 0.6 is 0 Å². The molecule has 0 rings (SSSR count). The molecule has 84 valence electrons. The van der Waals surface area contributed by atoms with Crippen LogP contribution < -0.4 is 10.5 Å². The highest BCUT2D eigenvalue weighted by Crippen LogP contribution is 1.97. The fourth-order valence-corrected chi connectivity index (χ4v) is 1.69. The molecule has 7 heteroatoms. The Labute approximate surface area is 84.6 Å². The van der Waals surface area contributed by atoms with Gasteiger partial charge in [0.25, 0.3) is 10.2 Å². The Morgan fingerprint density at radius 3 is 2.50 bits per heavy atom. The topological polar surface area (TPSA) is 92.5 Å². The van der Waals surface area contributed by atoms with Crippen LogP contribution in [0.5, 0.6) is 0 Å². The molecule has 0 fully saturated rings. The molecule has 0 saturated heterocycles. The van der Waals surface area contributed by atoms with Crippen LogP contribution in [0.15, 0.2) is 0 Å². The van der Waals surface area contributed by atoms with Gasteiger partial charge in [-0.05, 0) is 6.42 Å². The molecule has 0 saturated carbocycles. The Morgan fingerprint density at radius 2 is 2.07 bits per heavy atom. The Morgan fingerprint density at radius 1 is 1.50 bits per heavy atom. The first-order chi connectivity index (χ1) is 6.40. The summed E-state index contributed by atoms with van der Waals surface area (Å²) in [5, 5.41) is 0. The number of rotatable bonds is 7. The second-order valence-corrected chi connectivity index (χ2v) is 4.83. The summed E-state index contributed by atoms with van der Waals surface area (Å²) < 4.78 is 26.0. The first-order valence-electron chi connectivity index (χ1n) is 4.39. The van der Waals surface area contributed by atoms with Crippen LogP contribution in [0.1, 0.15) is 19.8 Å². The summed E-state index contributed by atoms with van der Waals surface area (Å²) in [5.74, 6) is -0.697. The van der Waals surface area contributed by atoms with Gasteiger partial charge in [0.15, 0.2) is 0 Å². The van der Waals surface area contributed by atoms with Gasteiger partial charge in [-0.15, -0.1) is 0 Å². The van der Waals surface area contributed by atoms with Gasteiger partial charge in [0, 0.05) is 13.6 Å². The minimum Gasteiger partial charge on any atom is -0.369 e. The predicted molar refractivity (Wildman–Crippen MR) is 53.7 cm³/mol. The molecule has 0 aromatic heterocycles. The summed E-state index contributed by atoms with van der Waals surface area (Å²) in [5.41, 5.74) is 4.82. The first-order valence-corrected chi connectivity index (χ1v) is 5.83. The molecule has 0 spiro atoms. The van der Waals surface area contributed by atoms with Crippen molar-refractivity contribution in [1.82, 2.24) is 9.03 Å². The lowest BCUT2D eigenvalue weighted by Gasteiger charge is -2.16. The highest BCUT2D eigenvalue weighted by Gasteiger charge is 2.16. The highest BCUT2D eigenvalue weighted by atomic mass is 32.2. The standard InChI is InChI=1S/C7H17N3O3S/c1-3-4-5-10(2)14(12,13)9-6-7(8)11/h9H,3-6H2,1-2H3,(H2,8,11). The van der Waals surface area contributed by atoms with Crippen molar-refractivity contribution < 1.29 is 13.2 Å². The molecule has 0 aliphatic carbocycles. The van der Waals surface area contributed by atoms with Crippen LogP contribution in [0.2, 0.25) is 0 Å². The summed E-state index contributed by atoms with van der Waals surface area (Å²) >= 11 is 0. The normalized spacial score (nSPS) is 11.9. The van der Waals surface area contributed by atoms with Gasteiger partial charge >= 0.3 is 0 Å². The average molecular weight is 223 g/mol. The maximum Gasteiger partial charge on any atom is 0.279 e. The Bertz CT molecular complexity index is 276. The number of carbonyl (C=O) groups is 1. The quantitative estimate of drug-likeness (QED) is 0.582. The summed E-state index contributed by atoms with van der Waals surface area (Å²) in [6.45, 7) is 2.04. The van der Waals surface area contributed by atoms with E-state index in [0.29, 0.717) is 6.54 Å². The van der Waals surface area contributed by atoms with E-state index in [-0.39, 0.29) is 6.54 Å². The molecule has 6 nitrogen and oxygen atoms in total. The highest BCUT2D eigenvalue weighted by molar-refractivity contribution is 7.87. The van der Waals surface area contributed by atoms with Crippen molar-refractivity contribution in [2.45, 2.75) is 19.8 Å². The van der Waals surface area contributed by atoms with Crippen molar-refractivity contribution in [3.63, 3.8) is 0 Å². The number of primary amides is 1.